The second-order valence-corrected chi connectivity index (χ2v) is 7.00. The average Bonchev–Trinajstić information content (AvgIpc) is 3.08. The van der Waals surface area contributed by atoms with Gasteiger partial charge in [0.15, 0.2) is 5.65 Å². The van der Waals surface area contributed by atoms with Gasteiger partial charge in [-0.25, -0.2) is 0 Å². The molecule has 0 spiro atoms. The standard InChI is InChI=1S/C19H20ClN5O/c20-15-6-4-14(5-7-15)13-18(26)21-16-8-11-24(12-9-16)19-23-22-17-3-1-2-10-25(17)19/h1-7,10,16H,8-9,11-13H2,(H,21,26). The number of fused-ring (bicyclic) bond motifs is 1. The molecule has 3 heterocycles. The summed E-state index contributed by atoms with van der Waals surface area (Å²) in [5, 5.41) is 12.3. The fourth-order valence-electron chi connectivity index (χ4n) is 3.33. The number of hydrogen-bond donors (Lipinski definition) is 1. The molecule has 3 aromatic rings. The van der Waals surface area contributed by atoms with Gasteiger partial charge in [0.25, 0.3) is 0 Å². The zero-order valence-corrected chi connectivity index (χ0v) is 15.1. The Morgan fingerprint density at radius 2 is 1.88 bits per heavy atom. The Morgan fingerprint density at radius 1 is 1.12 bits per heavy atom. The van der Waals surface area contributed by atoms with E-state index in [4.69, 9.17) is 11.6 Å². The van der Waals surface area contributed by atoms with Crippen molar-refractivity contribution in [2.75, 3.05) is 18.0 Å². The van der Waals surface area contributed by atoms with E-state index < -0.39 is 0 Å². The van der Waals surface area contributed by atoms with Gasteiger partial charge in [0, 0.05) is 30.4 Å². The number of benzene rings is 1. The number of nitrogens with zero attached hydrogens (tertiary/aromatic N) is 4. The van der Waals surface area contributed by atoms with E-state index in [0.717, 1.165) is 43.1 Å². The van der Waals surface area contributed by atoms with Crippen molar-refractivity contribution in [1.29, 1.82) is 0 Å². The Morgan fingerprint density at radius 3 is 2.65 bits per heavy atom. The van der Waals surface area contributed by atoms with Gasteiger partial charge in [0.05, 0.1) is 6.42 Å². The number of carbonyl (C=O) groups excluding carboxylic acids is 1. The molecular weight excluding hydrogens is 350 g/mol. The van der Waals surface area contributed by atoms with Crippen LogP contribution in [-0.2, 0) is 11.2 Å². The summed E-state index contributed by atoms with van der Waals surface area (Å²) in [6, 6.07) is 13.5. The van der Waals surface area contributed by atoms with Crippen LogP contribution in [0.15, 0.2) is 48.7 Å². The van der Waals surface area contributed by atoms with E-state index in [1.165, 1.54) is 0 Å². The van der Waals surface area contributed by atoms with E-state index in [1.807, 2.05) is 53.1 Å². The first kappa shape index (κ1) is 16.8. The van der Waals surface area contributed by atoms with Gasteiger partial charge >= 0.3 is 0 Å². The molecule has 7 heteroatoms. The van der Waals surface area contributed by atoms with Crippen molar-refractivity contribution >= 4 is 29.1 Å². The monoisotopic (exact) mass is 369 g/mol. The molecule has 4 rings (SSSR count). The highest BCUT2D eigenvalue weighted by Gasteiger charge is 2.23. The zero-order valence-electron chi connectivity index (χ0n) is 14.3. The quantitative estimate of drug-likeness (QED) is 0.768. The van der Waals surface area contributed by atoms with E-state index in [2.05, 4.69) is 20.4 Å². The number of rotatable bonds is 4. The second-order valence-electron chi connectivity index (χ2n) is 6.56. The minimum atomic E-state index is 0.0544. The summed E-state index contributed by atoms with van der Waals surface area (Å²) in [5.74, 6) is 0.922. The minimum Gasteiger partial charge on any atom is -0.353 e. The van der Waals surface area contributed by atoms with E-state index in [1.54, 1.807) is 0 Å². The summed E-state index contributed by atoms with van der Waals surface area (Å²) in [5.41, 5.74) is 1.82. The van der Waals surface area contributed by atoms with Crippen LogP contribution in [0.5, 0.6) is 0 Å². The van der Waals surface area contributed by atoms with Crippen LogP contribution >= 0.6 is 11.6 Å². The molecule has 2 aromatic heterocycles. The molecule has 0 atom stereocenters. The first-order valence-electron chi connectivity index (χ1n) is 8.77. The van der Waals surface area contributed by atoms with Gasteiger partial charge in [0.1, 0.15) is 0 Å². The third-order valence-corrected chi connectivity index (χ3v) is 4.97. The molecule has 0 bridgehead atoms. The number of carbonyl (C=O) groups is 1. The normalized spacial score (nSPS) is 15.3. The molecule has 0 saturated carbocycles. The van der Waals surface area contributed by atoms with Crippen LogP contribution in [0.2, 0.25) is 5.02 Å². The second kappa shape index (κ2) is 7.33. The van der Waals surface area contributed by atoms with Crippen molar-refractivity contribution in [2.45, 2.75) is 25.3 Å². The van der Waals surface area contributed by atoms with Crippen LogP contribution in [-0.4, -0.2) is 39.6 Å². The minimum absolute atomic E-state index is 0.0544. The van der Waals surface area contributed by atoms with Gasteiger partial charge < -0.3 is 10.2 Å². The van der Waals surface area contributed by atoms with E-state index >= 15 is 0 Å². The molecule has 1 fully saturated rings. The molecule has 1 amide bonds. The maximum absolute atomic E-state index is 12.3. The van der Waals surface area contributed by atoms with Crippen LogP contribution in [0.25, 0.3) is 5.65 Å². The lowest BCUT2D eigenvalue weighted by Gasteiger charge is -2.32. The summed E-state index contributed by atoms with van der Waals surface area (Å²) < 4.78 is 2.00. The number of halogens is 1. The fraction of sp³-hybridized carbons (Fsp3) is 0.316. The third-order valence-electron chi connectivity index (χ3n) is 4.72. The molecule has 1 aromatic carbocycles. The SMILES string of the molecule is O=C(Cc1ccc(Cl)cc1)NC1CCN(c2nnc3ccccn23)CC1. The Kier molecular flexibility index (Phi) is 4.75. The Bertz CT molecular complexity index is 900. The van der Waals surface area contributed by atoms with Crippen LogP contribution in [0.4, 0.5) is 5.95 Å². The van der Waals surface area contributed by atoms with Crippen molar-refractivity contribution in [3.63, 3.8) is 0 Å². The summed E-state index contributed by atoms with van der Waals surface area (Å²) in [4.78, 5) is 14.5. The molecule has 6 nitrogen and oxygen atoms in total. The molecule has 1 aliphatic rings. The highest BCUT2D eigenvalue weighted by atomic mass is 35.5. The lowest BCUT2D eigenvalue weighted by molar-refractivity contribution is -0.121. The first-order chi connectivity index (χ1) is 12.7. The van der Waals surface area contributed by atoms with Crippen molar-refractivity contribution in [1.82, 2.24) is 19.9 Å². The average molecular weight is 370 g/mol. The number of aromatic nitrogens is 3. The van der Waals surface area contributed by atoms with E-state index in [-0.39, 0.29) is 11.9 Å². The third kappa shape index (κ3) is 3.65. The van der Waals surface area contributed by atoms with Crippen molar-refractivity contribution in [3.05, 3.63) is 59.2 Å². The van der Waals surface area contributed by atoms with Crippen LogP contribution < -0.4 is 10.2 Å². The molecule has 134 valence electrons. The Balaban J connectivity index is 1.32. The maximum atomic E-state index is 12.3. The summed E-state index contributed by atoms with van der Waals surface area (Å²) >= 11 is 5.88. The van der Waals surface area contributed by atoms with Gasteiger partial charge in [-0.15, -0.1) is 10.2 Å². The molecule has 1 N–H and O–H groups in total. The highest BCUT2D eigenvalue weighted by molar-refractivity contribution is 6.30. The summed E-state index contributed by atoms with van der Waals surface area (Å²) in [6.07, 6.45) is 4.15. The largest absolute Gasteiger partial charge is 0.353 e. The number of piperidine rings is 1. The fourth-order valence-corrected chi connectivity index (χ4v) is 3.46. The summed E-state index contributed by atoms with van der Waals surface area (Å²) in [6.45, 7) is 1.70. The van der Waals surface area contributed by atoms with Crippen molar-refractivity contribution < 1.29 is 4.79 Å². The molecule has 26 heavy (non-hydrogen) atoms. The smallest absolute Gasteiger partial charge is 0.231 e. The van der Waals surface area contributed by atoms with Gasteiger partial charge in [-0.05, 0) is 42.7 Å². The van der Waals surface area contributed by atoms with Gasteiger partial charge in [-0.3, -0.25) is 9.20 Å². The number of anilines is 1. The molecule has 0 aliphatic carbocycles. The van der Waals surface area contributed by atoms with Crippen LogP contribution in [0, 0.1) is 0 Å². The number of amides is 1. The van der Waals surface area contributed by atoms with Crippen LogP contribution in [0.3, 0.4) is 0 Å². The highest BCUT2D eigenvalue weighted by Crippen LogP contribution is 2.19. The lowest BCUT2D eigenvalue weighted by Crippen LogP contribution is -2.45. The zero-order chi connectivity index (χ0) is 17.9. The molecule has 0 unspecified atom stereocenters. The molecule has 1 saturated heterocycles. The number of hydrogen-bond acceptors (Lipinski definition) is 4. The summed E-state index contributed by atoms with van der Waals surface area (Å²) in [7, 11) is 0. The molecule has 1 aliphatic heterocycles. The topological polar surface area (TPSA) is 62.5 Å². The number of nitrogens with one attached hydrogen (secondary N) is 1. The van der Waals surface area contributed by atoms with E-state index in [0.29, 0.717) is 11.4 Å². The van der Waals surface area contributed by atoms with Gasteiger partial charge in [-0.2, -0.15) is 0 Å². The Hall–Kier alpha value is -2.60. The maximum Gasteiger partial charge on any atom is 0.231 e. The molecule has 0 radical (unpaired) electrons. The Labute approximate surface area is 156 Å². The van der Waals surface area contributed by atoms with Crippen LogP contribution in [0.1, 0.15) is 18.4 Å². The number of pyridine rings is 1. The van der Waals surface area contributed by atoms with Gasteiger partial charge in [-0.1, -0.05) is 29.8 Å². The predicted molar refractivity (Wildman–Crippen MR) is 102 cm³/mol. The van der Waals surface area contributed by atoms with Crippen molar-refractivity contribution in [3.8, 4) is 0 Å². The lowest BCUT2D eigenvalue weighted by atomic mass is 10.0. The van der Waals surface area contributed by atoms with E-state index in [9.17, 15) is 4.79 Å². The predicted octanol–water partition coefficient (Wildman–Crippen LogP) is 2.71. The first-order valence-corrected chi connectivity index (χ1v) is 9.15. The van der Waals surface area contributed by atoms with Gasteiger partial charge in [0.2, 0.25) is 11.9 Å². The molecular formula is C19H20ClN5O. The van der Waals surface area contributed by atoms with Crippen molar-refractivity contribution in [2.24, 2.45) is 0 Å².